The van der Waals surface area contributed by atoms with Crippen molar-refractivity contribution >= 4 is 44.4 Å². The predicted molar refractivity (Wildman–Crippen MR) is 80.0 cm³/mol. The summed E-state index contributed by atoms with van der Waals surface area (Å²) in [6.45, 7) is 2.68. The normalized spacial score (nSPS) is 22.0. The molecule has 1 atom stereocenters. The van der Waals surface area contributed by atoms with E-state index >= 15 is 0 Å². The van der Waals surface area contributed by atoms with Crippen LogP contribution < -0.4 is 5.32 Å². The summed E-state index contributed by atoms with van der Waals surface area (Å²) in [4.78, 5) is 29.2. The Balaban J connectivity index is 2.01. The number of carboxylic acids is 1. The predicted octanol–water partition coefficient (Wildman–Crippen LogP) is 3.01. The summed E-state index contributed by atoms with van der Waals surface area (Å²) in [7, 11) is 0. The second kappa shape index (κ2) is 6.09. The Morgan fingerprint density at radius 1 is 1.65 bits per heavy atom. The van der Waals surface area contributed by atoms with E-state index in [9.17, 15) is 14.7 Å². The number of hydrogen-bond acceptors (Lipinski definition) is 4. The molecule has 1 fully saturated rings. The highest BCUT2D eigenvalue weighted by atomic mass is 79.9. The third-order valence-electron chi connectivity index (χ3n) is 3.51. The molecule has 1 unspecified atom stereocenters. The number of hydrogen-bond donors (Lipinski definition) is 2. The first kappa shape index (κ1) is 15.2. The molecule has 2 N–H and O–H groups in total. The fraction of sp³-hybridized carbons (Fsp3) is 0.583. The number of nitrogens with zero attached hydrogens (tertiary/aromatic N) is 2. The average Bonchev–Trinajstić information content (AvgIpc) is 2.98. The van der Waals surface area contributed by atoms with Crippen molar-refractivity contribution < 1.29 is 14.7 Å². The molecule has 0 aromatic carbocycles. The Bertz CT molecular complexity index is 522. The van der Waals surface area contributed by atoms with Gasteiger partial charge in [-0.3, -0.25) is 10.1 Å². The molecular weight excluding hydrogens is 346 g/mol. The van der Waals surface area contributed by atoms with Crippen molar-refractivity contribution in [1.29, 1.82) is 0 Å². The summed E-state index contributed by atoms with van der Waals surface area (Å²) in [6.07, 6.45) is 3.50. The number of amides is 2. The van der Waals surface area contributed by atoms with Gasteiger partial charge in [-0.05, 0) is 28.8 Å². The number of halogens is 1. The molecule has 2 rings (SSSR count). The third-order valence-corrected chi connectivity index (χ3v) is 4.91. The van der Waals surface area contributed by atoms with Gasteiger partial charge in [0.15, 0.2) is 5.13 Å². The van der Waals surface area contributed by atoms with Crippen LogP contribution >= 0.6 is 27.3 Å². The van der Waals surface area contributed by atoms with Crippen LogP contribution in [0.25, 0.3) is 0 Å². The maximum absolute atomic E-state index is 12.1. The molecule has 6 nitrogen and oxygen atoms in total. The lowest BCUT2D eigenvalue weighted by atomic mass is 9.83. The molecule has 1 aromatic heterocycles. The number of thiazole rings is 1. The van der Waals surface area contributed by atoms with E-state index < -0.39 is 11.4 Å². The van der Waals surface area contributed by atoms with Gasteiger partial charge >= 0.3 is 12.0 Å². The molecule has 0 radical (unpaired) electrons. The SMILES string of the molecule is CCCC1(C(=O)O)CCN(C(=O)Nc2ncc(Br)s2)C1. The molecule has 0 saturated carbocycles. The van der Waals surface area contributed by atoms with E-state index in [0.717, 1.165) is 10.2 Å². The van der Waals surface area contributed by atoms with Gasteiger partial charge in [0, 0.05) is 13.1 Å². The van der Waals surface area contributed by atoms with Crippen molar-refractivity contribution in [3.05, 3.63) is 9.98 Å². The highest BCUT2D eigenvalue weighted by molar-refractivity contribution is 9.11. The van der Waals surface area contributed by atoms with Crippen LogP contribution in [0.3, 0.4) is 0 Å². The molecule has 8 heteroatoms. The number of likely N-dealkylation sites (tertiary alicyclic amines) is 1. The van der Waals surface area contributed by atoms with Gasteiger partial charge in [-0.15, -0.1) is 0 Å². The Labute approximate surface area is 129 Å². The number of aliphatic carboxylic acids is 1. The summed E-state index contributed by atoms with van der Waals surface area (Å²) in [5.74, 6) is -0.813. The lowest BCUT2D eigenvalue weighted by molar-refractivity contribution is -0.148. The molecule has 1 aromatic rings. The van der Waals surface area contributed by atoms with Gasteiger partial charge < -0.3 is 10.0 Å². The van der Waals surface area contributed by atoms with Gasteiger partial charge in [0.1, 0.15) is 0 Å². The number of anilines is 1. The zero-order valence-corrected chi connectivity index (χ0v) is 13.5. The van der Waals surface area contributed by atoms with Crippen LogP contribution in [0.15, 0.2) is 9.98 Å². The molecule has 2 heterocycles. The lowest BCUT2D eigenvalue weighted by Crippen LogP contribution is -2.38. The Morgan fingerprint density at radius 3 is 2.95 bits per heavy atom. The van der Waals surface area contributed by atoms with E-state index in [2.05, 4.69) is 26.2 Å². The first-order chi connectivity index (χ1) is 9.47. The highest BCUT2D eigenvalue weighted by Crippen LogP contribution is 2.36. The number of carbonyl (C=O) groups excluding carboxylic acids is 1. The van der Waals surface area contributed by atoms with Crippen molar-refractivity contribution in [2.24, 2.45) is 5.41 Å². The molecule has 1 aliphatic rings. The third kappa shape index (κ3) is 3.12. The zero-order valence-electron chi connectivity index (χ0n) is 11.1. The molecule has 110 valence electrons. The Morgan fingerprint density at radius 2 is 2.40 bits per heavy atom. The number of carboxylic acid groups (broad SMARTS) is 1. The number of carbonyl (C=O) groups is 2. The maximum atomic E-state index is 12.1. The monoisotopic (exact) mass is 361 g/mol. The Kier molecular flexibility index (Phi) is 4.64. The van der Waals surface area contributed by atoms with Crippen LogP contribution in [0, 0.1) is 5.41 Å². The van der Waals surface area contributed by atoms with Crippen LogP contribution in [0.2, 0.25) is 0 Å². The number of aromatic nitrogens is 1. The van der Waals surface area contributed by atoms with Crippen molar-refractivity contribution in [2.75, 3.05) is 18.4 Å². The van der Waals surface area contributed by atoms with Crippen molar-refractivity contribution in [3.8, 4) is 0 Å². The molecule has 0 bridgehead atoms. The average molecular weight is 362 g/mol. The minimum Gasteiger partial charge on any atom is -0.481 e. The van der Waals surface area contributed by atoms with Crippen LogP contribution in [0.1, 0.15) is 26.2 Å². The molecular formula is C12H16BrN3O3S. The molecule has 2 amide bonds. The fourth-order valence-corrected chi connectivity index (χ4v) is 3.59. The summed E-state index contributed by atoms with van der Waals surface area (Å²) in [6, 6.07) is -0.286. The van der Waals surface area contributed by atoms with Gasteiger partial charge in [0.25, 0.3) is 0 Å². The second-order valence-electron chi connectivity index (χ2n) is 4.91. The smallest absolute Gasteiger partial charge is 0.323 e. The van der Waals surface area contributed by atoms with Gasteiger partial charge in [-0.1, -0.05) is 24.7 Å². The minimum atomic E-state index is -0.813. The van der Waals surface area contributed by atoms with Crippen molar-refractivity contribution in [1.82, 2.24) is 9.88 Å². The maximum Gasteiger partial charge on any atom is 0.323 e. The van der Waals surface area contributed by atoms with Gasteiger partial charge in [0.05, 0.1) is 15.4 Å². The number of nitrogens with one attached hydrogen (secondary N) is 1. The van der Waals surface area contributed by atoms with Crippen LogP contribution in [0.4, 0.5) is 9.93 Å². The molecule has 20 heavy (non-hydrogen) atoms. The molecule has 1 saturated heterocycles. The van der Waals surface area contributed by atoms with E-state index in [1.165, 1.54) is 11.3 Å². The quantitative estimate of drug-likeness (QED) is 0.863. The molecule has 0 spiro atoms. The highest BCUT2D eigenvalue weighted by Gasteiger charge is 2.45. The summed E-state index contributed by atoms with van der Waals surface area (Å²) < 4.78 is 0.833. The van der Waals surface area contributed by atoms with E-state index in [-0.39, 0.29) is 12.6 Å². The number of urea groups is 1. The standard InChI is InChI=1S/C12H16BrN3O3S/c1-2-3-12(9(17)18)4-5-16(7-12)11(19)15-10-14-6-8(13)20-10/h6H,2-5,7H2,1H3,(H,17,18)(H,14,15,19). The summed E-state index contributed by atoms with van der Waals surface area (Å²) >= 11 is 4.60. The fourth-order valence-electron chi connectivity index (χ4n) is 2.49. The molecule has 1 aliphatic heterocycles. The van der Waals surface area contributed by atoms with E-state index in [0.29, 0.717) is 24.5 Å². The van der Waals surface area contributed by atoms with Gasteiger partial charge in [0.2, 0.25) is 0 Å². The lowest BCUT2D eigenvalue weighted by Gasteiger charge is -2.24. The first-order valence-electron chi connectivity index (χ1n) is 6.37. The number of rotatable bonds is 4. The molecule has 0 aliphatic carbocycles. The van der Waals surface area contributed by atoms with Gasteiger partial charge in [-0.25, -0.2) is 9.78 Å². The largest absolute Gasteiger partial charge is 0.481 e. The van der Waals surface area contributed by atoms with Gasteiger partial charge in [-0.2, -0.15) is 0 Å². The first-order valence-corrected chi connectivity index (χ1v) is 7.98. The van der Waals surface area contributed by atoms with Crippen molar-refractivity contribution in [2.45, 2.75) is 26.2 Å². The topological polar surface area (TPSA) is 82.5 Å². The minimum absolute atomic E-state index is 0.258. The van der Waals surface area contributed by atoms with Crippen LogP contribution in [-0.2, 0) is 4.79 Å². The zero-order chi connectivity index (χ0) is 14.8. The van der Waals surface area contributed by atoms with E-state index in [1.54, 1.807) is 11.1 Å². The Hall–Kier alpha value is -1.15. The summed E-state index contributed by atoms with van der Waals surface area (Å²) in [5, 5.41) is 12.6. The van der Waals surface area contributed by atoms with Crippen molar-refractivity contribution in [3.63, 3.8) is 0 Å². The summed E-state index contributed by atoms with van der Waals surface area (Å²) in [5.41, 5.74) is -0.796. The van der Waals surface area contributed by atoms with E-state index in [1.807, 2.05) is 6.92 Å². The second-order valence-corrected chi connectivity index (χ2v) is 7.32. The van der Waals surface area contributed by atoms with E-state index in [4.69, 9.17) is 0 Å². The van der Waals surface area contributed by atoms with Crippen LogP contribution in [-0.4, -0.2) is 40.1 Å². The van der Waals surface area contributed by atoms with Crippen LogP contribution in [0.5, 0.6) is 0 Å².